The van der Waals surface area contributed by atoms with Crippen molar-refractivity contribution in [3.05, 3.63) is 72.3 Å². The van der Waals surface area contributed by atoms with Gasteiger partial charge in [0.05, 0.1) is 7.11 Å². The number of aromatic nitrogens is 1. The summed E-state index contributed by atoms with van der Waals surface area (Å²) in [4.78, 5) is 16.7. The van der Waals surface area contributed by atoms with Gasteiger partial charge in [0.2, 0.25) is 5.89 Å². The predicted octanol–water partition coefficient (Wildman–Crippen LogP) is 5.08. The molecule has 0 aliphatic heterocycles. The van der Waals surface area contributed by atoms with Crippen LogP contribution >= 0.6 is 0 Å². The number of aryl methyl sites for hydroxylation is 1. The summed E-state index contributed by atoms with van der Waals surface area (Å²) in [6.45, 7) is 2.02. The van der Waals surface area contributed by atoms with Crippen LogP contribution in [0.15, 0.2) is 71.1 Å². The summed E-state index contributed by atoms with van der Waals surface area (Å²) in [6, 6.07) is 20.5. The van der Waals surface area contributed by atoms with E-state index in [2.05, 4.69) is 17.2 Å². The van der Waals surface area contributed by atoms with Crippen LogP contribution in [0.3, 0.4) is 0 Å². The van der Waals surface area contributed by atoms with Crippen molar-refractivity contribution in [3.8, 4) is 23.0 Å². The molecule has 1 N–H and O–H groups in total. The third-order valence-electron chi connectivity index (χ3n) is 4.71. The molecule has 6 heteroatoms. The summed E-state index contributed by atoms with van der Waals surface area (Å²) in [7, 11) is 1.62. The summed E-state index contributed by atoms with van der Waals surface area (Å²) in [5.74, 6) is 1.69. The van der Waals surface area contributed by atoms with Gasteiger partial charge in [-0.3, -0.25) is 4.79 Å². The fourth-order valence-electron chi connectivity index (χ4n) is 3.03. The van der Waals surface area contributed by atoms with Gasteiger partial charge in [-0.25, -0.2) is 4.98 Å². The van der Waals surface area contributed by atoms with Crippen molar-refractivity contribution < 1.29 is 18.7 Å². The Hall–Kier alpha value is -3.80. The largest absolute Gasteiger partial charge is 0.497 e. The number of ether oxygens (including phenoxy) is 2. The molecule has 0 fully saturated rings. The van der Waals surface area contributed by atoms with E-state index in [9.17, 15) is 4.79 Å². The molecule has 4 rings (SSSR count). The Morgan fingerprint density at radius 2 is 1.73 bits per heavy atom. The van der Waals surface area contributed by atoms with Crippen LogP contribution in [0.5, 0.6) is 11.5 Å². The van der Waals surface area contributed by atoms with Gasteiger partial charge in [0.15, 0.2) is 12.2 Å². The van der Waals surface area contributed by atoms with Crippen molar-refractivity contribution in [2.24, 2.45) is 0 Å². The molecule has 0 radical (unpaired) electrons. The van der Waals surface area contributed by atoms with E-state index in [0.29, 0.717) is 28.4 Å². The van der Waals surface area contributed by atoms with Crippen molar-refractivity contribution >= 4 is 22.7 Å². The molecule has 1 amide bonds. The predicted molar refractivity (Wildman–Crippen MR) is 116 cm³/mol. The average Bonchev–Trinajstić information content (AvgIpc) is 3.21. The number of carbonyl (C=O) groups excluding carboxylic acids is 1. The summed E-state index contributed by atoms with van der Waals surface area (Å²) in [5, 5.41) is 2.82. The van der Waals surface area contributed by atoms with E-state index in [0.717, 1.165) is 17.7 Å². The van der Waals surface area contributed by atoms with Crippen molar-refractivity contribution in [1.82, 2.24) is 4.98 Å². The highest BCUT2D eigenvalue weighted by Crippen LogP contribution is 2.27. The van der Waals surface area contributed by atoms with Gasteiger partial charge in [-0.1, -0.05) is 19.1 Å². The highest BCUT2D eigenvalue weighted by atomic mass is 16.5. The maximum absolute atomic E-state index is 12.2. The first-order chi connectivity index (χ1) is 14.6. The first kappa shape index (κ1) is 19.5. The topological polar surface area (TPSA) is 73.6 Å². The molecule has 3 aromatic carbocycles. The number of oxazole rings is 1. The molecule has 4 aromatic rings. The van der Waals surface area contributed by atoms with Crippen LogP contribution in [0.25, 0.3) is 22.6 Å². The number of benzene rings is 3. The Morgan fingerprint density at radius 3 is 2.43 bits per heavy atom. The molecule has 1 aromatic heterocycles. The smallest absolute Gasteiger partial charge is 0.262 e. The number of fused-ring (bicyclic) bond motifs is 1. The quantitative estimate of drug-likeness (QED) is 0.466. The lowest BCUT2D eigenvalue weighted by Gasteiger charge is -2.08. The monoisotopic (exact) mass is 402 g/mol. The number of carbonyl (C=O) groups is 1. The molecular formula is C24H22N2O4. The number of rotatable bonds is 7. The minimum atomic E-state index is -0.246. The highest BCUT2D eigenvalue weighted by Gasteiger charge is 2.11. The lowest BCUT2D eigenvalue weighted by Crippen LogP contribution is -2.20. The van der Waals surface area contributed by atoms with E-state index in [-0.39, 0.29) is 12.5 Å². The van der Waals surface area contributed by atoms with Crippen LogP contribution in [0, 0.1) is 0 Å². The normalized spacial score (nSPS) is 10.7. The van der Waals surface area contributed by atoms with Gasteiger partial charge in [-0.2, -0.15) is 0 Å². The van der Waals surface area contributed by atoms with Gasteiger partial charge in [-0.15, -0.1) is 0 Å². The minimum Gasteiger partial charge on any atom is -0.497 e. The van der Waals surface area contributed by atoms with Crippen molar-refractivity contribution in [1.29, 1.82) is 0 Å². The lowest BCUT2D eigenvalue weighted by molar-refractivity contribution is -0.118. The number of hydrogen-bond donors (Lipinski definition) is 1. The van der Waals surface area contributed by atoms with E-state index < -0.39 is 0 Å². The fraction of sp³-hybridized carbons (Fsp3) is 0.167. The molecule has 0 atom stereocenters. The number of methoxy groups -OCH3 is 1. The molecule has 0 aliphatic carbocycles. The number of hydrogen-bond acceptors (Lipinski definition) is 5. The molecular weight excluding hydrogens is 380 g/mol. The van der Waals surface area contributed by atoms with E-state index in [4.69, 9.17) is 13.9 Å². The lowest BCUT2D eigenvalue weighted by atomic mass is 10.2. The van der Waals surface area contributed by atoms with Gasteiger partial charge in [0.1, 0.15) is 17.0 Å². The maximum Gasteiger partial charge on any atom is 0.262 e. The fourth-order valence-corrected chi connectivity index (χ4v) is 3.03. The molecule has 0 spiro atoms. The highest BCUT2D eigenvalue weighted by molar-refractivity contribution is 5.93. The second-order valence-corrected chi connectivity index (χ2v) is 6.76. The molecule has 0 bridgehead atoms. The van der Waals surface area contributed by atoms with E-state index in [1.165, 1.54) is 5.56 Å². The molecule has 6 nitrogen and oxygen atoms in total. The van der Waals surface area contributed by atoms with Gasteiger partial charge < -0.3 is 19.2 Å². The van der Waals surface area contributed by atoms with Crippen LogP contribution < -0.4 is 14.8 Å². The van der Waals surface area contributed by atoms with Gasteiger partial charge in [0, 0.05) is 17.3 Å². The second kappa shape index (κ2) is 8.69. The standard InChI is InChI=1S/C24H22N2O4/c1-3-16-4-9-20(10-5-16)29-15-23(27)25-18-8-13-21-22(14-18)30-24(26-21)17-6-11-19(28-2)12-7-17/h4-14H,3,15H2,1-2H3,(H,25,27). The van der Waals surface area contributed by atoms with Gasteiger partial charge >= 0.3 is 0 Å². The Bertz CT molecular complexity index is 1150. The molecule has 30 heavy (non-hydrogen) atoms. The molecule has 0 aliphatic rings. The Kier molecular flexibility index (Phi) is 5.66. The Morgan fingerprint density at radius 1 is 1.00 bits per heavy atom. The molecule has 0 unspecified atom stereocenters. The van der Waals surface area contributed by atoms with E-state index >= 15 is 0 Å². The second-order valence-electron chi connectivity index (χ2n) is 6.76. The first-order valence-corrected chi connectivity index (χ1v) is 9.71. The summed E-state index contributed by atoms with van der Waals surface area (Å²) in [5.41, 5.74) is 4.00. The molecule has 0 saturated heterocycles. The molecule has 1 heterocycles. The van der Waals surface area contributed by atoms with E-state index in [1.54, 1.807) is 19.2 Å². The Balaban J connectivity index is 1.41. The zero-order valence-corrected chi connectivity index (χ0v) is 16.8. The average molecular weight is 402 g/mol. The zero-order chi connectivity index (χ0) is 20.9. The van der Waals surface area contributed by atoms with Crippen LogP contribution in [-0.4, -0.2) is 24.6 Å². The number of nitrogens with zero attached hydrogens (tertiary/aromatic N) is 1. The molecule has 0 saturated carbocycles. The maximum atomic E-state index is 12.2. The summed E-state index contributed by atoms with van der Waals surface area (Å²) in [6.07, 6.45) is 0.963. The Labute approximate surface area is 174 Å². The van der Waals surface area contributed by atoms with E-state index in [1.807, 2.05) is 54.6 Å². The van der Waals surface area contributed by atoms with Gasteiger partial charge in [0.25, 0.3) is 5.91 Å². The van der Waals surface area contributed by atoms with Crippen LogP contribution in [0.4, 0.5) is 5.69 Å². The summed E-state index contributed by atoms with van der Waals surface area (Å²) >= 11 is 0. The third kappa shape index (κ3) is 4.43. The third-order valence-corrected chi connectivity index (χ3v) is 4.71. The zero-order valence-electron chi connectivity index (χ0n) is 16.8. The van der Waals surface area contributed by atoms with Crippen molar-refractivity contribution in [3.63, 3.8) is 0 Å². The van der Waals surface area contributed by atoms with Crippen LogP contribution in [-0.2, 0) is 11.2 Å². The minimum absolute atomic E-state index is 0.0724. The molecule has 152 valence electrons. The SMILES string of the molecule is CCc1ccc(OCC(=O)Nc2ccc3nc(-c4ccc(OC)cc4)oc3c2)cc1. The number of nitrogens with one attached hydrogen (secondary N) is 1. The number of amides is 1. The van der Waals surface area contributed by atoms with Crippen molar-refractivity contribution in [2.45, 2.75) is 13.3 Å². The van der Waals surface area contributed by atoms with Crippen molar-refractivity contribution in [2.75, 3.05) is 19.0 Å². The summed E-state index contributed by atoms with van der Waals surface area (Å²) < 4.78 is 16.6. The first-order valence-electron chi connectivity index (χ1n) is 9.71. The van der Waals surface area contributed by atoms with Gasteiger partial charge in [-0.05, 0) is 60.5 Å². The van der Waals surface area contributed by atoms with Crippen LogP contribution in [0.2, 0.25) is 0 Å². The number of anilines is 1. The van der Waals surface area contributed by atoms with Crippen LogP contribution in [0.1, 0.15) is 12.5 Å².